The van der Waals surface area contributed by atoms with E-state index in [2.05, 4.69) is 28.6 Å². The van der Waals surface area contributed by atoms with Crippen LogP contribution in [-0.4, -0.2) is 36.9 Å². The van der Waals surface area contributed by atoms with E-state index in [0.717, 1.165) is 50.4 Å². The van der Waals surface area contributed by atoms with Crippen LogP contribution in [0.25, 0.3) is 0 Å². The van der Waals surface area contributed by atoms with E-state index in [-0.39, 0.29) is 5.60 Å². The Morgan fingerprint density at radius 2 is 2.08 bits per heavy atom. The topological polar surface area (TPSA) is 65.9 Å². The van der Waals surface area contributed by atoms with E-state index in [9.17, 15) is 5.11 Å². The summed E-state index contributed by atoms with van der Waals surface area (Å²) in [4.78, 5) is 4.29. The molecule has 0 aromatic heterocycles. The number of aryl methyl sites for hydroxylation is 1. The third-order valence-electron chi connectivity index (χ3n) is 5.21. The lowest BCUT2D eigenvalue weighted by molar-refractivity contribution is 0.0243. The molecule has 1 aliphatic carbocycles. The summed E-state index contributed by atoms with van der Waals surface area (Å²) in [5.74, 6) is 1.13. The zero-order chi connectivity index (χ0) is 17.0. The van der Waals surface area contributed by atoms with Gasteiger partial charge in [0.05, 0.1) is 5.60 Å². The Morgan fingerprint density at radius 3 is 2.83 bits per heavy atom. The molecule has 0 bridgehead atoms. The van der Waals surface area contributed by atoms with Gasteiger partial charge in [-0.2, -0.15) is 0 Å². The molecule has 2 aliphatic rings. The number of aromatic hydroxyl groups is 1. The Morgan fingerprint density at radius 1 is 1.25 bits per heavy atom. The molecular formula is C19H29N3O2. The minimum absolute atomic E-state index is 0.105. The summed E-state index contributed by atoms with van der Waals surface area (Å²) in [5.41, 5.74) is 3.60. The number of hydrogen-bond donors (Lipinski definition) is 3. The summed E-state index contributed by atoms with van der Waals surface area (Å²) in [7, 11) is 1.77. The maximum absolute atomic E-state index is 10.3. The molecule has 1 aromatic carbocycles. The number of benzene rings is 1. The van der Waals surface area contributed by atoms with E-state index in [4.69, 9.17) is 4.74 Å². The molecule has 3 N–H and O–H groups in total. The van der Waals surface area contributed by atoms with Gasteiger partial charge in [-0.05, 0) is 62.6 Å². The van der Waals surface area contributed by atoms with Crippen molar-refractivity contribution < 1.29 is 9.84 Å². The smallest absolute Gasteiger partial charge is 0.191 e. The second kappa shape index (κ2) is 7.43. The van der Waals surface area contributed by atoms with Crippen LogP contribution >= 0.6 is 0 Å². The molecule has 0 radical (unpaired) electrons. The van der Waals surface area contributed by atoms with Crippen molar-refractivity contribution in [2.75, 3.05) is 20.2 Å². The maximum atomic E-state index is 10.3. The van der Waals surface area contributed by atoms with Gasteiger partial charge in [0.1, 0.15) is 5.75 Å². The Kier molecular flexibility index (Phi) is 5.29. The predicted molar refractivity (Wildman–Crippen MR) is 96.5 cm³/mol. The van der Waals surface area contributed by atoms with Gasteiger partial charge in [0.25, 0.3) is 0 Å². The molecule has 0 amide bonds. The van der Waals surface area contributed by atoms with Gasteiger partial charge in [0, 0.05) is 32.3 Å². The first-order valence-corrected chi connectivity index (χ1v) is 9.02. The SMILES string of the molecule is CN=C(NCc1c(O)ccc2c1CCCC2)NCC1(C)CCCO1. The maximum Gasteiger partial charge on any atom is 0.191 e. The lowest BCUT2D eigenvalue weighted by Gasteiger charge is -2.25. The van der Waals surface area contributed by atoms with Gasteiger partial charge in [-0.15, -0.1) is 0 Å². The Hall–Kier alpha value is -1.75. The molecular weight excluding hydrogens is 302 g/mol. The van der Waals surface area contributed by atoms with E-state index in [1.165, 1.54) is 24.0 Å². The van der Waals surface area contributed by atoms with Crippen LogP contribution in [0.2, 0.25) is 0 Å². The molecule has 5 nitrogen and oxygen atoms in total. The lowest BCUT2D eigenvalue weighted by atomic mass is 9.88. The summed E-state index contributed by atoms with van der Waals surface area (Å²) in [6.07, 6.45) is 6.81. The second-order valence-corrected chi connectivity index (χ2v) is 7.09. The average molecular weight is 331 g/mol. The second-order valence-electron chi connectivity index (χ2n) is 7.09. The molecule has 1 unspecified atom stereocenters. The molecule has 0 saturated carbocycles. The molecule has 1 heterocycles. The fourth-order valence-corrected chi connectivity index (χ4v) is 3.73. The number of phenolic OH excluding ortho intramolecular Hbond substituents is 1. The molecule has 1 aromatic rings. The highest BCUT2D eigenvalue weighted by molar-refractivity contribution is 5.79. The lowest BCUT2D eigenvalue weighted by Crippen LogP contribution is -2.45. The highest BCUT2D eigenvalue weighted by Crippen LogP contribution is 2.30. The molecule has 132 valence electrons. The molecule has 1 fully saturated rings. The molecule has 24 heavy (non-hydrogen) atoms. The monoisotopic (exact) mass is 331 g/mol. The van der Waals surface area contributed by atoms with E-state index < -0.39 is 0 Å². The van der Waals surface area contributed by atoms with Crippen molar-refractivity contribution in [3.63, 3.8) is 0 Å². The molecule has 3 rings (SSSR count). The summed E-state index contributed by atoms with van der Waals surface area (Å²) >= 11 is 0. The Balaban J connectivity index is 1.62. The van der Waals surface area contributed by atoms with E-state index >= 15 is 0 Å². The fraction of sp³-hybridized carbons (Fsp3) is 0.632. The van der Waals surface area contributed by atoms with Crippen LogP contribution in [-0.2, 0) is 24.1 Å². The minimum Gasteiger partial charge on any atom is -0.508 e. The summed E-state index contributed by atoms with van der Waals surface area (Å²) in [6.45, 7) is 4.31. The first-order chi connectivity index (χ1) is 11.6. The fourth-order valence-electron chi connectivity index (χ4n) is 3.73. The van der Waals surface area contributed by atoms with E-state index in [1.54, 1.807) is 7.05 Å². The molecule has 1 atom stereocenters. The van der Waals surface area contributed by atoms with Crippen LogP contribution in [0.15, 0.2) is 17.1 Å². The van der Waals surface area contributed by atoms with Crippen molar-refractivity contribution in [2.45, 2.75) is 57.6 Å². The number of guanidine groups is 1. The van der Waals surface area contributed by atoms with Crippen molar-refractivity contribution in [3.05, 3.63) is 28.8 Å². The molecule has 1 aliphatic heterocycles. The molecule has 5 heteroatoms. The quantitative estimate of drug-likeness (QED) is 0.586. The van der Waals surface area contributed by atoms with Crippen molar-refractivity contribution in [1.82, 2.24) is 10.6 Å². The highest BCUT2D eigenvalue weighted by atomic mass is 16.5. The van der Waals surface area contributed by atoms with Crippen molar-refractivity contribution in [1.29, 1.82) is 0 Å². The third kappa shape index (κ3) is 3.83. The van der Waals surface area contributed by atoms with Crippen molar-refractivity contribution in [2.24, 2.45) is 4.99 Å². The zero-order valence-corrected chi connectivity index (χ0v) is 14.8. The van der Waals surface area contributed by atoms with E-state index in [1.807, 2.05) is 6.07 Å². The van der Waals surface area contributed by atoms with Crippen molar-refractivity contribution >= 4 is 5.96 Å². The summed E-state index contributed by atoms with van der Waals surface area (Å²) in [5, 5.41) is 17.0. The van der Waals surface area contributed by atoms with Gasteiger partial charge < -0.3 is 20.5 Å². The Bertz CT molecular complexity index is 607. The average Bonchev–Trinajstić information content (AvgIpc) is 3.03. The van der Waals surface area contributed by atoms with Gasteiger partial charge >= 0.3 is 0 Å². The van der Waals surface area contributed by atoms with Gasteiger partial charge in [-0.1, -0.05) is 6.07 Å². The predicted octanol–water partition coefficient (Wildman–Crippen LogP) is 2.51. The number of aliphatic imine (C=N–C) groups is 1. The highest BCUT2D eigenvalue weighted by Gasteiger charge is 2.29. The van der Waals surface area contributed by atoms with Crippen LogP contribution in [0.3, 0.4) is 0 Å². The summed E-state index contributed by atoms with van der Waals surface area (Å²) in [6, 6.07) is 3.89. The summed E-state index contributed by atoms with van der Waals surface area (Å²) < 4.78 is 5.81. The van der Waals surface area contributed by atoms with E-state index in [0.29, 0.717) is 12.3 Å². The first-order valence-electron chi connectivity index (χ1n) is 9.02. The number of fused-ring (bicyclic) bond motifs is 1. The van der Waals surface area contributed by atoms with Crippen LogP contribution in [0.5, 0.6) is 5.75 Å². The van der Waals surface area contributed by atoms with Gasteiger partial charge in [0.2, 0.25) is 0 Å². The minimum atomic E-state index is -0.105. The van der Waals surface area contributed by atoms with Crippen LogP contribution in [0, 0.1) is 0 Å². The Labute approximate surface area is 144 Å². The van der Waals surface area contributed by atoms with Crippen LogP contribution < -0.4 is 10.6 Å². The number of nitrogens with zero attached hydrogens (tertiary/aromatic N) is 1. The number of rotatable bonds is 4. The standard InChI is InChI=1S/C19H29N3O2/c1-19(10-5-11-24-19)13-22-18(20-2)21-12-16-15-7-4-3-6-14(15)8-9-17(16)23/h8-9,23H,3-7,10-13H2,1-2H3,(H2,20,21,22). The van der Waals surface area contributed by atoms with Crippen LogP contribution in [0.4, 0.5) is 0 Å². The van der Waals surface area contributed by atoms with Crippen LogP contribution in [0.1, 0.15) is 49.3 Å². The number of nitrogens with one attached hydrogen (secondary N) is 2. The largest absolute Gasteiger partial charge is 0.508 e. The number of ether oxygens (including phenoxy) is 1. The molecule has 0 spiro atoms. The normalized spacial score (nSPS) is 23.8. The first kappa shape index (κ1) is 17.1. The number of phenols is 1. The zero-order valence-electron chi connectivity index (χ0n) is 14.8. The molecule has 1 saturated heterocycles. The van der Waals surface area contributed by atoms with Gasteiger partial charge in [0.15, 0.2) is 5.96 Å². The van der Waals surface area contributed by atoms with Gasteiger partial charge in [-0.3, -0.25) is 4.99 Å². The van der Waals surface area contributed by atoms with Gasteiger partial charge in [-0.25, -0.2) is 0 Å². The van der Waals surface area contributed by atoms with Crippen molar-refractivity contribution in [3.8, 4) is 5.75 Å². The number of hydrogen-bond acceptors (Lipinski definition) is 3. The third-order valence-corrected chi connectivity index (χ3v) is 5.21.